The zero-order valence-corrected chi connectivity index (χ0v) is 19.2. The van der Waals surface area contributed by atoms with Crippen molar-refractivity contribution in [3.05, 3.63) is 78.4 Å². The number of methoxy groups -OCH3 is 1. The number of hydrogen-bond donors (Lipinski definition) is 0. The molecule has 6 heteroatoms. The Bertz CT molecular complexity index is 1090. The summed E-state index contributed by atoms with van der Waals surface area (Å²) >= 11 is 0. The Kier molecular flexibility index (Phi) is 5.40. The molecule has 0 N–H and O–H groups in total. The van der Waals surface area contributed by atoms with Crippen LogP contribution in [0.5, 0.6) is 5.75 Å². The third-order valence-corrected chi connectivity index (χ3v) is 6.62. The smallest absolute Gasteiger partial charge is 0.266 e. The minimum absolute atomic E-state index is 0.0936. The average Bonchev–Trinajstić information content (AvgIpc) is 3.39. The molecule has 3 heterocycles. The van der Waals surface area contributed by atoms with Crippen molar-refractivity contribution < 1.29 is 23.7 Å². The third-order valence-electron chi connectivity index (χ3n) is 6.62. The lowest BCUT2D eigenvalue weighted by atomic mass is 9.70. The van der Waals surface area contributed by atoms with E-state index in [1.165, 1.54) is 0 Å². The molecule has 172 valence electrons. The van der Waals surface area contributed by atoms with E-state index in [2.05, 4.69) is 6.58 Å². The van der Waals surface area contributed by atoms with E-state index in [4.69, 9.17) is 18.9 Å². The Morgan fingerprint density at radius 3 is 2.45 bits per heavy atom. The molecule has 0 radical (unpaired) electrons. The van der Waals surface area contributed by atoms with Gasteiger partial charge in [0.2, 0.25) is 0 Å². The van der Waals surface area contributed by atoms with Gasteiger partial charge in [-0.25, -0.2) is 0 Å². The van der Waals surface area contributed by atoms with Crippen molar-refractivity contribution in [3.8, 4) is 5.75 Å². The fraction of sp³-hybridized carbons (Fsp3) is 0.370. The van der Waals surface area contributed by atoms with Gasteiger partial charge in [0, 0.05) is 11.3 Å². The maximum atomic E-state index is 14.0. The summed E-state index contributed by atoms with van der Waals surface area (Å²) in [5, 5.41) is 0. The number of hydrogen-bond acceptors (Lipinski definition) is 5. The standard InChI is InChI=1S/C27H29NO5/c1-5-9-19-16-32-27(23(19)18-10-7-6-8-11-18)24(22-17-31-26(2,3)33-22)28(25(27)29)20-12-14-21(30-4)15-13-20/h5-8,10-15,22,24H,1,9,16-17H2,2-4H3/t22-,24+,27-/m1/s1. The summed E-state index contributed by atoms with van der Waals surface area (Å²) in [4.78, 5) is 15.8. The Morgan fingerprint density at radius 1 is 1.12 bits per heavy atom. The number of rotatable bonds is 6. The summed E-state index contributed by atoms with van der Waals surface area (Å²) in [5.74, 6) is -0.0892. The Labute approximate surface area is 194 Å². The molecular formula is C27H29NO5. The molecule has 1 spiro atoms. The third kappa shape index (κ3) is 3.41. The lowest BCUT2D eigenvalue weighted by Crippen LogP contribution is -2.78. The van der Waals surface area contributed by atoms with Crippen LogP contribution in [-0.2, 0) is 19.0 Å². The van der Waals surface area contributed by atoms with E-state index in [-0.39, 0.29) is 18.1 Å². The summed E-state index contributed by atoms with van der Waals surface area (Å²) in [6.45, 7) is 8.46. The predicted octanol–water partition coefficient (Wildman–Crippen LogP) is 4.36. The van der Waals surface area contributed by atoms with Gasteiger partial charge in [-0.15, -0.1) is 6.58 Å². The second-order valence-electron chi connectivity index (χ2n) is 9.05. The van der Waals surface area contributed by atoms with Crippen molar-refractivity contribution >= 4 is 17.2 Å². The minimum Gasteiger partial charge on any atom is -0.497 e. The van der Waals surface area contributed by atoms with Crippen molar-refractivity contribution in [1.29, 1.82) is 0 Å². The summed E-state index contributed by atoms with van der Waals surface area (Å²) in [6.07, 6.45) is 2.17. The van der Waals surface area contributed by atoms with Crippen molar-refractivity contribution in [3.63, 3.8) is 0 Å². The van der Waals surface area contributed by atoms with Crippen LogP contribution < -0.4 is 9.64 Å². The molecule has 0 saturated carbocycles. The van der Waals surface area contributed by atoms with Crippen LogP contribution in [0.25, 0.3) is 5.57 Å². The topological polar surface area (TPSA) is 57.2 Å². The van der Waals surface area contributed by atoms with Gasteiger partial charge >= 0.3 is 0 Å². The van der Waals surface area contributed by atoms with Gasteiger partial charge in [-0.2, -0.15) is 0 Å². The molecule has 3 aliphatic rings. The highest BCUT2D eigenvalue weighted by Crippen LogP contribution is 2.54. The number of nitrogens with zero attached hydrogens (tertiary/aromatic N) is 1. The summed E-state index contributed by atoms with van der Waals surface area (Å²) < 4.78 is 24.0. The van der Waals surface area contributed by atoms with Gasteiger partial charge in [-0.1, -0.05) is 36.4 Å². The molecule has 5 rings (SSSR count). The van der Waals surface area contributed by atoms with E-state index in [1.807, 2.05) is 74.5 Å². The van der Waals surface area contributed by atoms with Crippen molar-refractivity contribution in [2.45, 2.75) is 43.8 Å². The number of anilines is 1. The maximum absolute atomic E-state index is 14.0. The van der Waals surface area contributed by atoms with E-state index in [9.17, 15) is 4.79 Å². The highest BCUT2D eigenvalue weighted by Gasteiger charge is 2.70. The molecule has 3 atom stereocenters. The lowest BCUT2D eigenvalue weighted by molar-refractivity contribution is -0.170. The van der Waals surface area contributed by atoms with Crippen LogP contribution in [0.3, 0.4) is 0 Å². The van der Waals surface area contributed by atoms with Gasteiger partial charge in [0.15, 0.2) is 11.4 Å². The van der Waals surface area contributed by atoms with Crippen LogP contribution in [0.15, 0.2) is 72.8 Å². The molecule has 0 unspecified atom stereocenters. The molecule has 6 nitrogen and oxygen atoms in total. The summed E-state index contributed by atoms with van der Waals surface area (Å²) in [7, 11) is 1.62. The first-order valence-electron chi connectivity index (χ1n) is 11.2. The van der Waals surface area contributed by atoms with Crippen molar-refractivity contribution in [1.82, 2.24) is 0 Å². The monoisotopic (exact) mass is 447 g/mol. The van der Waals surface area contributed by atoms with Gasteiger partial charge in [0.25, 0.3) is 5.91 Å². The quantitative estimate of drug-likeness (QED) is 0.487. The largest absolute Gasteiger partial charge is 0.497 e. The average molecular weight is 448 g/mol. The number of ether oxygens (including phenoxy) is 4. The van der Waals surface area contributed by atoms with Crippen LogP contribution in [-0.4, -0.2) is 49.8 Å². The molecule has 2 aromatic rings. The molecule has 0 aromatic heterocycles. The first-order valence-corrected chi connectivity index (χ1v) is 11.2. The number of carbonyl (C=O) groups excluding carboxylic acids is 1. The highest BCUT2D eigenvalue weighted by atomic mass is 16.7. The second-order valence-corrected chi connectivity index (χ2v) is 9.05. The molecule has 2 aromatic carbocycles. The normalized spacial score (nSPS) is 28.3. The van der Waals surface area contributed by atoms with Crippen LogP contribution in [0, 0.1) is 0 Å². The lowest BCUT2D eigenvalue weighted by Gasteiger charge is -2.56. The summed E-state index contributed by atoms with van der Waals surface area (Å²) in [5.41, 5.74) is 2.63. The van der Waals surface area contributed by atoms with Gasteiger partial charge < -0.3 is 18.9 Å². The van der Waals surface area contributed by atoms with Crippen LogP contribution >= 0.6 is 0 Å². The molecule has 2 fully saturated rings. The van der Waals surface area contributed by atoms with E-state index in [1.54, 1.807) is 12.0 Å². The number of allylic oxidation sites excluding steroid dienone is 1. The van der Waals surface area contributed by atoms with Crippen molar-refractivity contribution in [2.24, 2.45) is 0 Å². The van der Waals surface area contributed by atoms with E-state index >= 15 is 0 Å². The van der Waals surface area contributed by atoms with Gasteiger partial charge in [0.05, 0.1) is 20.3 Å². The van der Waals surface area contributed by atoms with E-state index in [0.29, 0.717) is 19.6 Å². The first kappa shape index (κ1) is 21.9. The number of β-lactam (4-membered cyclic amide) rings is 1. The minimum atomic E-state index is -1.13. The first-order chi connectivity index (χ1) is 15.9. The van der Waals surface area contributed by atoms with Gasteiger partial charge in [-0.05, 0) is 55.7 Å². The molecule has 1 amide bonds. The molecule has 0 bridgehead atoms. The molecule has 2 saturated heterocycles. The molecule has 0 aliphatic carbocycles. The van der Waals surface area contributed by atoms with Crippen LogP contribution in [0.4, 0.5) is 5.69 Å². The molecule has 33 heavy (non-hydrogen) atoms. The second kappa shape index (κ2) is 8.13. The zero-order valence-electron chi connectivity index (χ0n) is 19.2. The van der Waals surface area contributed by atoms with E-state index < -0.39 is 11.4 Å². The Morgan fingerprint density at radius 2 is 1.85 bits per heavy atom. The molecule has 3 aliphatic heterocycles. The fourth-order valence-corrected chi connectivity index (χ4v) is 5.24. The van der Waals surface area contributed by atoms with E-state index in [0.717, 1.165) is 28.1 Å². The Balaban J connectivity index is 1.63. The Hall–Kier alpha value is -2.93. The number of amides is 1. The summed E-state index contributed by atoms with van der Waals surface area (Å²) in [6, 6.07) is 17.1. The number of carbonyl (C=O) groups is 1. The van der Waals surface area contributed by atoms with Gasteiger partial charge in [0.1, 0.15) is 17.9 Å². The SMILES string of the molecule is C=CCC1=C(c2ccccc2)[C@]2(OC1)C(=O)N(c1ccc(OC)cc1)[C@H]2[C@H]1COC(C)(C)O1. The van der Waals surface area contributed by atoms with Crippen molar-refractivity contribution in [2.75, 3.05) is 25.2 Å². The highest BCUT2D eigenvalue weighted by molar-refractivity contribution is 6.18. The predicted molar refractivity (Wildman–Crippen MR) is 126 cm³/mol. The zero-order chi connectivity index (χ0) is 23.2. The fourth-order valence-electron chi connectivity index (χ4n) is 5.24. The van der Waals surface area contributed by atoms with Crippen LogP contribution in [0.1, 0.15) is 25.8 Å². The van der Waals surface area contributed by atoms with Gasteiger partial charge in [-0.3, -0.25) is 9.69 Å². The number of benzene rings is 2. The molecular weight excluding hydrogens is 418 g/mol. The maximum Gasteiger partial charge on any atom is 0.266 e. The van der Waals surface area contributed by atoms with Crippen LogP contribution in [0.2, 0.25) is 0 Å².